The molecule has 0 aliphatic rings. The van der Waals surface area contributed by atoms with Crippen LogP contribution in [0.1, 0.15) is 5.56 Å². The number of hydrogen-bond acceptors (Lipinski definition) is 1. The van der Waals surface area contributed by atoms with E-state index in [0.717, 1.165) is 27.4 Å². The van der Waals surface area contributed by atoms with Crippen molar-refractivity contribution >= 4 is 21.8 Å². The third kappa shape index (κ3) is 1.17. The second-order valence-corrected chi connectivity index (χ2v) is 3.67. The van der Waals surface area contributed by atoms with Crippen molar-refractivity contribution in [3.63, 3.8) is 0 Å². The van der Waals surface area contributed by atoms with Gasteiger partial charge in [-0.25, -0.2) is 4.98 Å². The molecule has 1 nitrogen and oxygen atoms in total. The first-order valence-electron chi connectivity index (χ1n) is 5.14. The van der Waals surface area contributed by atoms with Crippen molar-refractivity contribution in [2.45, 2.75) is 0 Å². The van der Waals surface area contributed by atoms with Gasteiger partial charge in [-0.05, 0) is 12.1 Å². The van der Waals surface area contributed by atoms with Crippen molar-refractivity contribution in [1.82, 2.24) is 4.98 Å². The number of nitrogens with zero attached hydrogens (tertiary/aromatic N) is 1. The zero-order valence-corrected chi connectivity index (χ0v) is 8.64. The summed E-state index contributed by atoms with van der Waals surface area (Å²) in [5.74, 6) is 2.77. The molecule has 0 spiro atoms. The Labute approximate surface area is 93.7 Å². The van der Waals surface area contributed by atoms with Crippen LogP contribution in [0.25, 0.3) is 21.8 Å². The minimum Gasteiger partial charge on any atom is -0.248 e. The molecule has 74 valence electrons. The SMILES string of the molecule is C#Cc1c2ccccc2nc2ccccc12. The zero-order chi connectivity index (χ0) is 11.0. The van der Waals surface area contributed by atoms with E-state index >= 15 is 0 Å². The largest absolute Gasteiger partial charge is 0.248 e. The number of aromatic nitrogens is 1. The van der Waals surface area contributed by atoms with Crippen LogP contribution in [0, 0.1) is 12.3 Å². The fourth-order valence-corrected chi connectivity index (χ4v) is 2.00. The number of pyridine rings is 1. The smallest absolute Gasteiger partial charge is 0.0722 e. The van der Waals surface area contributed by atoms with E-state index in [-0.39, 0.29) is 0 Å². The van der Waals surface area contributed by atoms with E-state index in [1.165, 1.54) is 0 Å². The number of hydrogen-bond donors (Lipinski definition) is 0. The normalized spacial score (nSPS) is 10.4. The highest BCUT2D eigenvalue weighted by atomic mass is 14.7. The summed E-state index contributed by atoms with van der Waals surface area (Å²) in [6, 6.07) is 15.9. The minimum atomic E-state index is 0.932. The first-order chi connectivity index (χ1) is 7.90. The predicted octanol–water partition coefficient (Wildman–Crippen LogP) is 3.37. The molecule has 3 rings (SSSR count). The molecule has 1 aromatic heterocycles. The highest BCUT2D eigenvalue weighted by molar-refractivity contribution is 6.00. The molecule has 0 amide bonds. The van der Waals surface area contributed by atoms with Crippen molar-refractivity contribution in [2.75, 3.05) is 0 Å². The van der Waals surface area contributed by atoms with Crippen LogP contribution in [0.3, 0.4) is 0 Å². The molecular weight excluding hydrogens is 194 g/mol. The van der Waals surface area contributed by atoms with Crippen LogP contribution in [-0.4, -0.2) is 4.98 Å². The molecule has 1 heteroatoms. The fraction of sp³-hybridized carbons (Fsp3) is 0. The quantitative estimate of drug-likeness (QED) is 0.403. The highest BCUT2D eigenvalue weighted by Crippen LogP contribution is 2.24. The molecule has 16 heavy (non-hydrogen) atoms. The molecule has 3 aromatic rings. The molecule has 0 saturated carbocycles. The Morgan fingerprint density at radius 3 is 1.81 bits per heavy atom. The van der Waals surface area contributed by atoms with Crippen LogP contribution in [0.2, 0.25) is 0 Å². The van der Waals surface area contributed by atoms with Crippen LogP contribution < -0.4 is 0 Å². The molecule has 0 saturated heterocycles. The lowest BCUT2D eigenvalue weighted by Gasteiger charge is -2.05. The van der Waals surface area contributed by atoms with Gasteiger partial charge in [0.25, 0.3) is 0 Å². The van der Waals surface area contributed by atoms with Gasteiger partial charge < -0.3 is 0 Å². The van der Waals surface area contributed by atoms with Gasteiger partial charge in [0, 0.05) is 16.3 Å². The first-order valence-corrected chi connectivity index (χ1v) is 5.14. The van der Waals surface area contributed by atoms with Crippen LogP contribution in [0.15, 0.2) is 48.5 Å². The van der Waals surface area contributed by atoms with Crippen molar-refractivity contribution in [3.8, 4) is 12.3 Å². The van der Waals surface area contributed by atoms with E-state index in [9.17, 15) is 0 Å². The first kappa shape index (κ1) is 8.94. The number of fused-ring (bicyclic) bond motifs is 2. The van der Waals surface area contributed by atoms with Crippen molar-refractivity contribution in [2.24, 2.45) is 0 Å². The van der Waals surface area contributed by atoms with Gasteiger partial charge in [0.05, 0.1) is 11.0 Å². The third-order valence-corrected chi connectivity index (χ3v) is 2.73. The number of terminal acetylenes is 1. The summed E-state index contributed by atoms with van der Waals surface area (Å²) in [4.78, 5) is 4.59. The summed E-state index contributed by atoms with van der Waals surface area (Å²) in [6.45, 7) is 0. The molecule has 2 aromatic carbocycles. The van der Waals surface area contributed by atoms with Gasteiger partial charge in [0.15, 0.2) is 0 Å². The molecule has 0 radical (unpaired) electrons. The molecule has 0 unspecified atom stereocenters. The summed E-state index contributed by atoms with van der Waals surface area (Å²) in [6.07, 6.45) is 5.60. The van der Waals surface area contributed by atoms with Crippen molar-refractivity contribution in [3.05, 3.63) is 54.1 Å². The Hall–Kier alpha value is -2.33. The van der Waals surface area contributed by atoms with Gasteiger partial charge in [0.2, 0.25) is 0 Å². The zero-order valence-electron chi connectivity index (χ0n) is 8.64. The Kier molecular flexibility index (Phi) is 1.88. The van der Waals surface area contributed by atoms with Gasteiger partial charge in [-0.3, -0.25) is 0 Å². The van der Waals surface area contributed by atoms with E-state index in [2.05, 4.69) is 10.9 Å². The average molecular weight is 203 g/mol. The Morgan fingerprint density at radius 2 is 1.31 bits per heavy atom. The molecule has 0 aliphatic heterocycles. The summed E-state index contributed by atoms with van der Waals surface area (Å²) in [7, 11) is 0. The van der Waals surface area contributed by atoms with Gasteiger partial charge >= 0.3 is 0 Å². The Morgan fingerprint density at radius 1 is 0.812 bits per heavy atom. The van der Waals surface area contributed by atoms with E-state index in [0.29, 0.717) is 0 Å². The van der Waals surface area contributed by atoms with E-state index in [1.807, 2.05) is 48.5 Å². The Balaban J connectivity index is 2.63. The van der Waals surface area contributed by atoms with Gasteiger partial charge in [-0.15, -0.1) is 6.42 Å². The van der Waals surface area contributed by atoms with E-state index in [1.54, 1.807) is 0 Å². The molecule has 0 N–H and O–H groups in total. The summed E-state index contributed by atoms with van der Waals surface area (Å²) in [5, 5.41) is 2.09. The summed E-state index contributed by atoms with van der Waals surface area (Å²) >= 11 is 0. The lowest BCUT2D eigenvalue weighted by atomic mass is 10.0. The van der Waals surface area contributed by atoms with E-state index < -0.39 is 0 Å². The maximum Gasteiger partial charge on any atom is 0.0722 e. The molecule has 0 aliphatic carbocycles. The lowest BCUT2D eigenvalue weighted by Crippen LogP contribution is -1.87. The van der Waals surface area contributed by atoms with Crippen molar-refractivity contribution in [1.29, 1.82) is 0 Å². The standard InChI is InChI=1S/C15H9N/c1-2-11-12-7-3-5-9-14(12)16-15-10-6-4-8-13(11)15/h1,3-10H. The third-order valence-electron chi connectivity index (χ3n) is 2.73. The topological polar surface area (TPSA) is 12.9 Å². The van der Waals surface area contributed by atoms with Crippen LogP contribution in [-0.2, 0) is 0 Å². The number of para-hydroxylation sites is 2. The maximum absolute atomic E-state index is 5.60. The lowest BCUT2D eigenvalue weighted by molar-refractivity contribution is 1.49. The maximum atomic E-state index is 5.60. The van der Waals surface area contributed by atoms with Crippen molar-refractivity contribution < 1.29 is 0 Å². The number of rotatable bonds is 0. The average Bonchev–Trinajstić information content (AvgIpc) is 2.36. The van der Waals surface area contributed by atoms with Crippen LogP contribution in [0.5, 0.6) is 0 Å². The monoisotopic (exact) mass is 203 g/mol. The second kappa shape index (κ2) is 3.36. The van der Waals surface area contributed by atoms with Crippen LogP contribution in [0.4, 0.5) is 0 Å². The Bertz CT molecular complexity index is 666. The van der Waals surface area contributed by atoms with Gasteiger partial charge in [0.1, 0.15) is 0 Å². The predicted molar refractivity (Wildman–Crippen MR) is 67.2 cm³/mol. The van der Waals surface area contributed by atoms with Crippen LogP contribution >= 0.6 is 0 Å². The molecular formula is C15H9N. The number of benzene rings is 2. The summed E-state index contributed by atoms with van der Waals surface area (Å²) in [5.41, 5.74) is 2.84. The van der Waals surface area contributed by atoms with Gasteiger partial charge in [-0.2, -0.15) is 0 Å². The minimum absolute atomic E-state index is 0.932. The van der Waals surface area contributed by atoms with E-state index in [4.69, 9.17) is 6.42 Å². The summed E-state index contributed by atoms with van der Waals surface area (Å²) < 4.78 is 0. The highest BCUT2D eigenvalue weighted by Gasteiger charge is 2.05. The fourth-order valence-electron chi connectivity index (χ4n) is 2.00. The molecule has 0 atom stereocenters. The molecule has 0 fully saturated rings. The second-order valence-electron chi connectivity index (χ2n) is 3.67. The molecule has 1 heterocycles. The molecule has 0 bridgehead atoms. The van der Waals surface area contributed by atoms with Gasteiger partial charge in [-0.1, -0.05) is 42.3 Å².